The highest BCUT2D eigenvalue weighted by Crippen LogP contribution is 2.33. The summed E-state index contributed by atoms with van der Waals surface area (Å²) in [6, 6.07) is 13.6. The molecule has 9 nitrogen and oxygen atoms in total. The Morgan fingerprint density at radius 1 is 0.974 bits per heavy atom. The Hall–Kier alpha value is -3.66. The summed E-state index contributed by atoms with van der Waals surface area (Å²) in [6.07, 6.45) is 3.79. The van der Waals surface area contributed by atoms with Gasteiger partial charge in [-0.2, -0.15) is 0 Å². The third-order valence-electron chi connectivity index (χ3n) is 7.40. The molecule has 2 aliphatic heterocycles. The maximum atomic E-state index is 14.7. The van der Waals surface area contributed by atoms with E-state index in [0.29, 0.717) is 31.7 Å². The van der Waals surface area contributed by atoms with Crippen molar-refractivity contribution >= 4 is 23.5 Å². The van der Waals surface area contributed by atoms with Gasteiger partial charge in [0.05, 0.1) is 30.6 Å². The highest BCUT2D eigenvalue weighted by atomic mass is 19.1. The number of amides is 3. The Morgan fingerprint density at radius 2 is 1.68 bits per heavy atom. The highest BCUT2D eigenvalue weighted by Gasteiger charge is 2.30. The second-order valence-corrected chi connectivity index (χ2v) is 10.1. The Labute approximate surface area is 221 Å². The van der Waals surface area contributed by atoms with Gasteiger partial charge in [0.2, 0.25) is 0 Å². The minimum atomic E-state index is -0.498. The van der Waals surface area contributed by atoms with Gasteiger partial charge in [-0.3, -0.25) is 0 Å². The Morgan fingerprint density at radius 3 is 2.34 bits per heavy atom. The first-order valence-electron chi connectivity index (χ1n) is 13.2. The minimum absolute atomic E-state index is 0.0302. The molecule has 2 saturated heterocycles. The van der Waals surface area contributed by atoms with Crippen molar-refractivity contribution in [3.8, 4) is 5.75 Å². The molecule has 2 aromatic rings. The number of nitrogens with zero attached hydrogens (tertiary/aromatic N) is 3. The molecular formula is C28H33FN4O5. The van der Waals surface area contributed by atoms with Gasteiger partial charge in [0.1, 0.15) is 17.7 Å². The molecule has 5 rings (SSSR count). The molecule has 3 aliphatic rings. The van der Waals surface area contributed by atoms with E-state index in [0.717, 1.165) is 37.0 Å². The van der Waals surface area contributed by atoms with Crippen molar-refractivity contribution in [3.05, 3.63) is 59.9 Å². The van der Waals surface area contributed by atoms with Crippen LogP contribution in [0.15, 0.2) is 53.7 Å². The van der Waals surface area contributed by atoms with Gasteiger partial charge >= 0.3 is 12.1 Å². The molecule has 0 unspecified atom stereocenters. The van der Waals surface area contributed by atoms with Gasteiger partial charge in [0, 0.05) is 25.9 Å². The number of para-hydroxylation sites is 1. The van der Waals surface area contributed by atoms with Crippen LogP contribution in [0.2, 0.25) is 0 Å². The van der Waals surface area contributed by atoms with E-state index in [1.54, 1.807) is 23.1 Å². The molecular weight excluding hydrogens is 491 g/mol. The maximum absolute atomic E-state index is 14.7. The van der Waals surface area contributed by atoms with Crippen LogP contribution in [0.4, 0.5) is 19.7 Å². The van der Waals surface area contributed by atoms with Crippen LogP contribution >= 0.6 is 0 Å². The third-order valence-corrected chi connectivity index (χ3v) is 7.40. The topological polar surface area (TPSA) is 104 Å². The smallest absolute Gasteiger partial charge is 0.410 e. The quantitative estimate of drug-likeness (QED) is 0.551. The summed E-state index contributed by atoms with van der Waals surface area (Å²) < 4.78 is 20.1. The number of halogens is 1. The maximum Gasteiger partial charge on any atom is 0.415 e. The van der Waals surface area contributed by atoms with Gasteiger partial charge in [-0.1, -0.05) is 29.4 Å². The van der Waals surface area contributed by atoms with Crippen molar-refractivity contribution in [3.63, 3.8) is 0 Å². The summed E-state index contributed by atoms with van der Waals surface area (Å²) >= 11 is 0. The summed E-state index contributed by atoms with van der Waals surface area (Å²) in [7, 11) is 0. The van der Waals surface area contributed by atoms with Gasteiger partial charge in [-0.05, 0) is 61.4 Å². The summed E-state index contributed by atoms with van der Waals surface area (Å²) in [5.41, 5.74) is 2.06. The van der Waals surface area contributed by atoms with Gasteiger partial charge < -0.3 is 29.8 Å². The van der Waals surface area contributed by atoms with Crippen LogP contribution in [0.25, 0.3) is 0 Å². The summed E-state index contributed by atoms with van der Waals surface area (Å²) in [4.78, 5) is 33.4. The fourth-order valence-corrected chi connectivity index (χ4v) is 5.02. The number of nitrogens with one attached hydrogen (secondary N) is 1. The van der Waals surface area contributed by atoms with Crippen LogP contribution in [-0.2, 0) is 4.84 Å². The molecule has 2 aromatic carbocycles. The number of aliphatic hydroxyl groups is 1. The van der Waals surface area contributed by atoms with Crippen LogP contribution in [0.1, 0.15) is 50.0 Å². The molecule has 3 fully saturated rings. The van der Waals surface area contributed by atoms with Gasteiger partial charge in [0.15, 0.2) is 0 Å². The zero-order valence-electron chi connectivity index (χ0n) is 21.2. The van der Waals surface area contributed by atoms with Crippen LogP contribution in [0.3, 0.4) is 0 Å². The lowest BCUT2D eigenvalue weighted by atomic mass is 9.83. The summed E-state index contributed by atoms with van der Waals surface area (Å²) in [5.74, 6) is 0.295. The lowest BCUT2D eigenvalue weighted by molar-refractivity contribution is 0.0134. The van der Waals surface area contributed by atoms with E-state index in [1.807, 2.05) is 24.3 Å². The molecule has 3 amide bonds. The van der Waals surface area contributed by atoms with Crippen molar-refractivity contribution in [2.75, 3.05) is 31.5 Å². The van der Waals surface area contributed by atoms with Crippen molar-refractivity contribution in [1.29, 1.82) is 0 Å². The second-order valence-electron chi connectivity index (χ2n) is 10.1. The molecule has 0 aromatic heterocycles. The number of piperidine rings is 1. The van der Waals surface area contributed by atoms with E-state index in [-0.39, 0.29) is 36.9 Å². The number of hydrogen-bond donors (Lipinski definition) is 2. The van der Waals surface area contributed by atoms with Crippen molar-refractivity contribution < 1.29 is 28.7 Å². The predicted octanol–water partition coefficient (Wildman–Crippen LogP) is 4.73. The Balaban J connectivity index is 1.04. The number of carbonyl (C=O) groups is 2. The number of benzene rings is 2. The van der Waals surface area contributed by atoms with Crippen LogP contribution in [-0.4, -0.2) is 71.1 Å². The number of aliphatic hydroxyl groups excluding tert-OH is 1. The molecule has 2 heterocycles. The number of likely N-dealkylation sites (tertiary alicyclic amines) is 2. The number of oxime groups is 1. The van der Waals surface area contributed by atoms with Crippen LogP contribution in [0, 0.1) is 5.82 Å². The predicted molar refractivity (Wildman–Crippen MR) is 140 cm³/mol. The number of rotatable bonds is 5. The average molecular weight is 525 g/mol. The van der Waals surface area contributed by atoms with Crippen molar-refractivity contribution in [2.45, 2.75) is 56.7 Å². The second kappa shape index (κ2) is 11.8. The van der Waals surface area contributed by atoms with Crippen molar-refractivity contribution in [1.82, 2.24) is 9.80 Å². The standard InChI is InChI=1S/C28H33FN4O5/c29-25-16-20(8-11-26(25)30-27(35)33-17-22(34)18-33)19-6-9-21(10-7-19)31-38-24-12-14-32(15-13-24)28(36)37-23-4-2-1-3-5-23/h1-5,8,11,16,19,22,24,34H,6-7,9-10,12-15,17-18H2,(H,30,35). The molecule has 2 N–H and O–H groups in total. The Bertz CT molecular complexity index is 1150. The van der Waals surface area contributed by atoms with E-state index in [1.165, 1.54) is 11.0 Å². The first kappa shape index (κ1) is 26.0. The number of ether oxygens (including phenoxy) is 1. The van der Waals surface area contributed by atoms with Gasteiger partial charge in [0.25, 0.3) is 0 Å². The number of β-amino-alcohol motifs (C(OH)–C–C–N with tert-alkyl or cyclic N) is 1. The Kier molecular flexibility index (Phi) is 8.07. The fourth-order valence-electron chi connectivity index (χ4n) is 5.02. The fraction of sp³-hybridized carbons (Fsp3) is 0.464. The summed E-state index contributed by atoms with van der Waals surface area (Å²) in [5, 5.41) is 16.3. The highest BCUT2D eigenvalue weighted by molar-refractivity contribution is 5.90. The molecule has 202 valence electrons. The summed E-state index contributed by atoms with van der Waals surface area (Å²) in [6.45, 7) is 1.66. The minimum Gasteiger partial charge on any atom is -0.410 e. The van der Waals surface area contributed by atoms with E-state index >= 15 is 0 Å². The number of carbonyl (C=O) groups excluding carboxylic acids is 2. The van der Waals surface area contributed by atoms with E-state index in [9.17, 15) is 19.1 Å². The SMILES string of the molecule is O=C(Nc1ccc(C2CCC(=NOC3CCN(C(=O)Oc4ccccc4)CC3)CC2)cc1F)N1CC(O)C1. The molecule has 10 heteroatoms. The first-order valence-corrected chi connectivity index (χ1v) is 13.2. The lowest BCUT2D eigenvalue weighted by Gasteiger charge is -2.35. The third kappa shape index (κ3) is 6.42. The van der Waals surface area contributed by atoms with Crippen LogP contribution < -0.4 is 10.1 Å². The van der Waals surface area contributed by atoms with Crippen LogP contribution in [0.5, 0.6) is 5.75 Å². The van der Waals surface area contributed by atoms with Crippen molar-refractivity contribution in [2.24, 2.45) is 5.16 Å². The molecule has 0 spiro atoms. The van der Waals surface area contributed by atoms with E-state index < -0.39 is 18.0 Å². The number of hydrogen-bond acceptors (Lipinski definition) is 6. The zero-order chi connectivity index (χ0) is 26.5. The average Bonchev–Trinajstić information content (AvgIpc) is 2.92. The zero-order valence-corrected chi connectivity index (χ0v) is 21.2. The molecule has 1 saturated carbocycles. The normalized spacial score (nSPS) is 20.5. The molecule has 0 bridgehead atoms. The number of urea groups is 1. The van der Waals surface area contributed by atoms with Gasteiger partial charge in [-0.25, -0.2) is 14.0 Å². The number of anilines is 1. The molecule has 0 atom stereocenters. The molecule has 0 radical (unpaired) electrons. The lowest BCUT2D eigenvalue weighted by Crippen LogP contribution is -2.54. The first-order chi connectivity index (χ1) is 18.4. The largest absolute Gasteiger partial charge is 0.415 e. The molecule has 38 heavy (non-hydrogen) atoms. The van der Waals surface area contributed by atoms with Gasteiger partial charge in [-0.15, -0.1) is 0 Å². The molecule has 1 aliphatic carbocycles. The monoisotopic (exact) mass is 524 g/mol. The van der Waals surface area contributed by atoms with E-state index in [4.69, 9.17) is 9.57 Å². The van der Waals surface area contributed by atoms with E-state index in [2.05, 4.69) is 10.5 Å².